The summed E-state index contributed by atoms with van der Waals surface area (Å²) in [5.74, 6) is 0.994. The smallest absolute Gasteiger partial charge is 0.134 e. The highest BCUT2D eigenvalue weighted by molar-refractivity contribution is 7.10. The lowest BCUT2D eigenvalue weighted by molar-refractivity contribution is 0.411. The van der Waals surface area contributed by atoms with Crippen LogP contribution in [0.15, 0.2) is 23.6 Å². The Kier molecular flexibility index (Phi) is 5.33. The van der Waals surface area contributed by atoms with Gasteiger partial charge in [0, 0.05) is 6.54 Å². The van der Waals surface area contributed by atoms with Gasteiger partial charge >= 0.3 is 0 Å². The fourth-order valence-corrected chi connectivity index (χ4v) is 2.00. The summed E-state index contributed by atoms with van der Waals surface area (Å²) in [6, 6.07) is 2.01. The van der Waals surface area contributed by atoms with Crippen LogP contribution in [0.5, 0.6) is 5.75 Å². The van der Waals surface area contributed by atoms with E-state index < -0.39 is 0 Å². The van der Waals surface area contributed by atoms with Crippen molar-refractivity contribution in [3.8, 4) is 5.75 Å². The van der Waals surface area contributed by atoms with Gasteiger partial charge in [0.25, 0.3) is 0 Å². The van der Waals surface area contributed by atoms with E-state index >= 15 is 0 Å². The summed E-state index contributed by atoms with van der Waals surface area (Å²) in [7, 11) is 1.71. The summed E-state index contributed by atoms with van der Waals surface area (Å²) >= 11 is 1.73. The van der Waals surface area contributed by atoms with Crippen molar-refractivity contribution in [3.63, 3.8) is 0 Å². The maximum absolute atomic E-state index is 5.22. The molecule has 1 aromatic rings. The highest BCUT2D eigenvalue weighted by atomic mass is 32.1. The van der Waals surface area contributed by atoms with E-state index in [0.29, 0.717) is 0 Å². The monoisotopic (exact) mass is 211 g/mol. The summed E-state index contributed by atoms with van der Waals surface area (Å²) in [6.45, 7) is 3.96. The molecule has 2 nitrogen and oxygen atoms in total. The number of thiophene rings is 1. The van der Waals surface area contributed by atoms with Crippen LogP contribution in [0.4, 0.5) is 0 Å². The molecule has 0 atom stereocenters. The van der Waals surface area contributed by atoms with Gasteiger partial charge in [0.05, 0.1) is 12.0 Å². The largest absolute Gasteiger partial charge is 0.496 e. The number of ether oxygens (including phenoxy) is 1. The third kappa shape index (κ3) is 3.52. The fourth-order valence-electron chi connectivity index (χ4n) is 1.19. The fraction of sp³-hybridized carbons (Fsp3) is 0.455. The lowest BCUT2D eigenvalue weighted by Gasteiger charge is -2.03. The van der Waals surface area contributed by atoms with Crippen LogP contribution in [0.25, 0.3) is 0 Å². The highest BCUT2D eigenvalue weighted by Gasteiger charge is 2.02. The standard InChI is InChI=1S/C11H17NOS/c1-3-4-5-7-12-9-11-10(13-2)6-8-14-11/h3-4,6,8,12H,5,7,9H2,1-2H3/b4-3+. The Morgan fingerprint density at radius 1 is 1.57 bits per heavy atom. The van der Waals surface area contributed by atoms with Gasteiger partial charge in [-0.2, -0.15) is 0 Å². The zero-order chi connectivity index (χ0) is 10.2. The van der Waals surface area contributed by atoms with Gasteiger partial charge in [0.15, 0.2) is 0 Å². The topological polar surface area (TPSA) is 21.3 Å². The Hall–Kier alpha value is -0.800. The molecule has 0 saturated heterocycles. The summed E-state index contributed by atoms with van der Waals surface area (Å²) in [5, 5.41) is 5.43. The Balaban J connectivity index is 2.24. The van der Waals surface area contributed by atoms with E-state index in [1.54, 1.807) is 18.4 Å². The molecule has 0 aliphatic rings. The van der Waals surface area contributed by atoms with Crippen LogP contribution in [-0.2, 0) is 6.54 Å². The Bertz CT molecular complexity index is 281. The average Bonchev–Trinajstić information content (AvgIpc) is 2.65. The van der Waals surface area contributed by atoms with Gasteiger partial charge in [-0.3, -0.25) is 0 Å². The molecule has 0 fully saturated rings. The van der Waals surface area contributed by atoms with E-state index in [-0.39, 0.29) is 0 Å². The molecular weight excluding hydrogens is 194 g/mol. The summed E-state index contributed by atoms with van der Waals surface area (Å²) in [5.41, 5.74) is 0. The number of hydrogen-bond donors (Lipinski definition) is 1. The van der Waals surface area contributed by atoms with Gasteiger partial charge in [-0.05, 0) is 31.3 Å². The average molecular weight is 211 g/mol. The molecule has 0 unspecified atom stereocenters. The van der Waals surface area contributed by atoms with E-state index in [1.165, 1.54) is 4.88 Å². The minimum atomic E-state index is 0.901. The zero-order valence-corrected chi connectivity index (χ0v) is 9.56. The number of rotatable bonds is 6. The van der Waals surface area contributed by atoms with Crippen molar-refractivity contribution in [3.05, 3.63) is 28.5 Å². The first-order valence-corrected chi connectivity index (χ1v) is 5.68. The molecule has 0 saturated carbocycles. The normalized spacial score (nSPS) is 11.0. The van der Waals surface area contributed by atoms with Crippen LogP contribution in [0.2, 0.25) is 0 Å². The van der Waals surface area contributed by atoms with Crippen LogP contribution in [0.3, 0.4) is 0 Å². The van der Waals surface area contributed by atoms with Gasteiger partial charge in [-0.25, -0.2) is 0 Å². The summed E-state index contributed by atoms with van der Waals surface area (Å²) in [4.78, 5) is 1.27. The lowest BCUT2D eigenvalue weighted by Crippen LogP contribution is -2.13. The highest BCUT2D eigenvalue weighted by Crippen LogP contribution is 2.23. The molecular formula is C11H17NOS. The van der Waals surface area contributed by atoms with Crippen molar-refractivity contribution in [2.75, 3.05) is 13.7 Å². The molecule has 0 amide bonds. The number of allylic oxidation sites excluding steroid dienone is 1. The van der Waals surface area contributed by atoms with Gasteiger partial charge in [-0.15, -0.1) is 11.3 Å². The van der Waals surface area contributed by atoms with Crippen molar-refractivity contribution in [2.45, 2.75) is 19.9 Å². The predicted molar refractivity (Wildman–Crippen MR) is 62.0 cm³/mol. The quantitative estimate of drug-likeness (QED) is 0.577. The second kappa shape index (κ2) is 6.62. The van der Waals surface area contributed by atoms with E-state index in [4.69, 9.17) is 4.74 Å². The Labute approximate surface area is 89.6 Å². The van der Waals surface area contributed by atoms with Gasteiger partial charge in [0.1, 0.15) is 5.75 Å². The van der Waals surface area contributed by atoms with Crippen molar-refractivity contribution in [1.29, 1.82) is 0 Å². The first-order valence-electron chi connectivity index (χ1n) is 4.80. The molecule has 0 aliphatic carbocycles. The maximum Gasteiger partial charge on any atom is 0.134 e. The minimum absolute atomic E-state index is 0.901. The molecule has 78 valence electrons. The second-order valence-corrected chi connectivity index (χ2v) is 3.95. The van der Waals surface area contributed by atoms with Gasteiger partial charge < -0.3 is 10.1 Å². The third-order valence-corrected chi connectivity index (χ3v) is 2.84. The first-order chi connectivity index (χ1) is 6.88. The summed E-state index contributed by atoms with van der Waals surface area (Å²) in [6.07, 6.45) is 5.33. The number of methoxy groups -OCH3 is 1. The maximum atomic E-state index is 5.22. The van der Waals surface area contributed by atoms with Gasteiger partial charge in [-0.1, -0.05) is 12.2 Å². The number of nitrogens with one attached hydrogen (secondary N) is 1. The van der Waals surface area contributed by atoms with Crippen molar-refractivity contribution in [2.24, 2.45) is 0 Å². The molecule has 0 aromatic carbocycles. The number of hydrogen-bond acceptors (Lipinski definition) is 3. The van der Waals surface area contributed by atoms with Crippen LogP contribution in [-0.4, -0.2) is 13.7 Å². The molecule has 1 N–H and O–H groups in total. The van der Waals surface area contributed by atoms with Gasteiger partial charge in [0.2, 0.25) is 0 Å². The van der Waals surface area contributed by atoms with Crippen molar-refractivity contribution >= 4 is 11.3 Å². The van der Waals surface area contributed by atoms with Crippen molar-refractivity contribution < 1.29 is 4.74 Å². The van der Waals surface area contributed by atoms with E-state index in [0.717, 1.165) is 25.3 Å². The SMILES string of the molecule is C/C=C/CCNCc1sccc1OC. The Morgan fingerprint density at radius 3 is 3.14 bits per heavy atom. The molecule has 0 spiro atoms. The predicted octanol–water partition coefficient (Wildman–Crippen LogP) is 2.81. The first kappa shape index (κ1) is 11.3. The molecule has 14 heavy (non-hydrogen) atoms. The van der Waals surface area contributed by atoms with E-state index in [1.807, 2.05) is 13.0 Å². The van der Waals surface area contributed by atoms with Crippen LogP contribution >= 0.6 is 11.3 Å². The van der Waals surface area contributed by atoms with Crippen LogP contribution in [0, 0.1) is 0 Å². The summed E-state index contributed by atoms with van der Waals surface area (Å²) < 4.78 is 5.22. The lowest BCUT2D eigenvalue weighted by atomic mass is 10.3. The molecule has 0 aliphatic heterocycles. The zero-order valence-electron chi connectivity index (χ0n) is 8.75. The van der Waals surface area contributed by atoms with Crippen LogP contribution in [0.1, 0.15) is 18.2 Å². The van der Waals surface area contributed by atoms with Crippen molar-refractivity contribution in [1.82, 2.24) is 5.32 Å². The second-order valence-electron chi connectivity index (χ2n) is 2.95. The van der Waals surface area contributed by atoms with E-state index in [9.17, 15) is 0 Å². The van der Waals surface area contributed by atoms with Crippen LogP contribution < -0.4 is 10.1 Å². The molecule has 3 heteroatoms. The minimum Gasteiger partial charge on any atom is -0.496 e. The molecule has 0 bridgehead atoms. The molecule has 0 radical (unpaired) electrons. The third-order valence-electron chi connectivity index (χ3n) is 1.93. The molecule has 1 aromatic heterocycles. The molecule has 1 rings (SSSR count). The Morgan fingerprint density at radius 2 is 2.43 bits per heavy atom. The van der Waals surface area contributed by atoms with E-state index in [2.05, 4.69) is 22.8 Å². The molecule has 1 heterocycles.